The van der Waals surface area contributed by atoms with Crippen LogP contribution in [-0.2, 0) is 17.7 Å². The van der Waals surface area contributed by atoms with E-state index in [1.807, 2.05) is 50.2 Å². The fourth-order valence-corrected chi connectivity index (χ4v) is 6.59. The Morgan fingerprint density at radius 2 is 1.94 bits per heavy atom. The molecule has 0 unspecified atom stereocenters. The van der Waals surface area contributed by atoms with E-state index in [2.05, 4.69) is 11.4 Å². The zero-order valence-electron chi connectivity index (χ0n) is 18.6. The van der Waals surface area contributed by atoms with Crippen molar-refractivity contribution >= 4 is 49.9 Å². The first kappa shape index (κ1) is 21.6. The van der Waals surface area contributed by atoms with Crippen LogP contribution in [0.5, 0.6) is 0 Å². The largest absolute Gasteiger partial charge is 0.453 e. The zero-order valence-corrected chi connectivity index (χ0v) is 20.2. The minimum absolute atomic E-state index is 0.140. The molecule has 2 aromatic carbocycles. The molecule has 3 heterocycles. The Hall–Kier alpha value is -3.23. The summed E-state index contributed by atoms with van der Waals surface area (Å²) < 4.78 is 6.03. The van der Waals surface area contributed by atoms with E-state index in [0.717, 1.165) is 47.4 Å². The van der Waals surface area contributed by atoms with E-state index in [1.54, 1.807) is 16.2 Å². The number of methoxy groups -OCH3 is 1. The Morgan fingerprint density at radius 3 is 2.70 bits per heavy atom. The van der Waals surface area contributed by atoms with Crippen LogP contribution in [0.2, 0.25) is 0 Å². The van der Waals surface area contributed by atoms with Crippen LogP contribution in [0.15, 0.2) is 42.5 Å². The maximum atomic E-state index is 13.2. The number of carbonyl (C=O) groups is 2. The van der Waals surface area contributed by atoms with Gasteiger partial charge in [0.05, 0.1) is 23.9 Å². The number of thiophene rings is 1. The quantitative estimate of drug-likeness (QED) is 0.392. The molecule has 0 atom stereocenters. The van der Waals surface area contributed by atoms with Crippen molar-refractivity contribution in [2.45, 2.75) is 26.8 Å². The summed E-state index contributed by atoms with van der Waals surface area (Å²) in [5, 5.41) is 4.82. The summed E-state index contributed by atoms with van der Waals surface area (Å²) in [6.07, 6.45) is 0.350. The first-order valence-corrected chi connectivity index (χ1v) is 12.3. The number of nitrogens with zero attached hydrogens (tertiary/aromatic N) is 2. The van der Waals surface area contributed by atoms with Gasteiger partial charge in [0.1, 0.15) is 10.0 Å². The Bertz CT molecular complexity index is 1360. The van der Waals surface area contributed by atoms with E-state index in [0.29, 0.717) is 25.1 Å². The number of benzene rings is 2. The molecular weight excluding hydrogens is 454 g/mol. The second-order valence-electron chi connectivity index (χ2n) is 8.11. The van der Waals surface area contributed by atoms with E-state index in [4.69, 9.17) is 9.72 Å². The monoisotopic (exact) mass is 477 g/mol. The van der Waals surface area contributed by atoms with Crippen LogP contribution in [0.4, 0.5) is 9.80 Å². The highest BCUT2D eigenvalue weighted by atomic mass is 32.1. The molecule has 5 rings (SSSR count). The average Bonchev–Trinajstić information content (AvgIpc) is 3.38. The Morgan fingerprint density at radius 1 is 1.12 bits per heavy atom. The van der Waals surface area contributed by atoms with Crippen molar-refractivity contribution in [2.24, 2.45) is 0 Å². The van der Waals surface area contributed by atoms with Crippen LogP contribution in [0.25, 0.3) is 20.8 Å². The zero-order chi connectivity index (χ0) is 23.1. The standard InChI is InChI=1S/C25H23N3O3S2/c1-14-8-9-16(15(2)12-14)22(29)27-24-21(23-26-18-6-4-5-7-19(18)32-23)17-10-11-28(25(30)31-3)13-20(17)33-24/h4-9,12H,10-11,13H2,1-3H3,(H,27,29). The van der Waals surface area contributed by atoms with Gasteiger partial charge < -0.3 is 15.0 Å². The number of carbonyl (C=O) groups excluding carboxylic acids is 2. The van der Waals surface area contributed by atoms with Crippen molar-refractivity contribution in [3.8, 4) is 10.6 Å². The van der Waals surface area contributed by atoms with Crippen molar-refractivity contribution in [3.05, 3.63) is 69.6 Å². The van der Waals surface area contributed by atoms with Crippen LogP contribution in [0.3, 0.4) is 0 Å². The molecule has 2 aromatic heterocycles. The number of hydrogen-bond donors (Lipinski definition) is 1. The molecule has 0 radical (unpaired) electrons. The van der Waals surface area contributed by atoms with Crippen LogP contribution in [0.1, 0.15) is 31.9 Å². The number of hydrogen-bond acceptors (Lipinski definition) is 6. The summed E-state index contributed by atoms with van der Waals surface area (Å²) in [6, 6.07) is 13.9. The van der Waals surface area contributed by atoms with Crippen LogP contribution >= 0.6 is 22.7 Å². The number of rotatable bonds is 3. The second kappa shape index (κ2) is 8.61. The minimum atomic E-state index is -0.337. The van der Waals surface area contributed by atoms with Crippen molar-refractivity contribution in [1.82, 2.24) is 9.88 Å². The summed E-state index contributed by atoms with van der Waals surface area (Å²) >= 11 is 3.14. The highest BCUT2D eigenvalue weighted by Gasteiger charge is 2.30. The molecule has 4 aromatic rings. The van der Waals surface area contributed by atoms with E-state index < -0.39 is 0 Å². The van der Waals surface area contributed by atoms with Crippen LogP contribution in [-0.4, -0.2) is 35.5 Å². The summed E-state index contributed by atoms with van der Waals surface area (Å²) in [5.74, 6) is -0.140. The molecule has 0 saturated heterocycles. The molecular formula is C25H23N3O3S2. The van der Waals surface area contributed by atoms with Crippen molar-refractivity contribution in [3.63, 3.8) is 0 Å². The lowest BCUT2D eigenvalue weighted by atomic mass is 10.0. The predicted molar refractivity (Wildman–Crippen MR) is 133 cm³/mol. The molecule has 33 heavy (non-hydrogen) atoms. The third-order valence-electron chi connectivity index (χ3n) is 5.85. The number of amides is 2. The van der Waals surface area contributed by atoms with Crippen LogP contribution in [0, 0.1) is 13.8 Å². The molecule has 168 valence electrons. The molecule has 0 saturated carbocycles. The highest BCUT2D eigenvalue weighted by molar-refractivity contribution is 7.23. The maximum Gasteiger partial charge on any atom is 0.409 e. The Labute approximate surface area is 199 Å². The van der Waals surface area contributed by atoms with Gasteiger partial charge in [-0.3, -0.25) is 4.79 Å². The smallest absolute Gasteiger partial charge is 0.409 e. The van der Waals surface area contributed by atoms with Crippen molar-refractivity contribution < 1.29 is 14.3 Å². The van der Waals surface area contributed by atoms with Crippen LogP contribution < -0.4 is 5.32 Å². The summed E-state index contributed by atoms with van der Waals surface area (Å²) in [5.41, 5.74) is 5.77. The summed E-state index contributed by atoms with van der Waals surface area (Å²) in [4.78, 5) is 33.0. The first-order valence-electron chi connectivity index (χ1n) is 10.7. The first-order chi connectivity index (χ1) is 15.9. The van der Waals surface area contributed by atoms with Gasteiger partial charge in [-0.15, -0.1) is 22.7 Å². The van der Waals surface area contributed by atoms with Gasteiger partial charge in [-0.1, -0.05) is 29.8 Å². The number of thiazole rings is 1. The van der Waals surface area contributed by atoms with E-state index >= 15 is 0 Å². The predicted octanol–water partition coefficient (Wildman–Crippen LogP) is 6.02. The molecule has 1 aliphatic heterocycles. The van der Waals surface area contributed by atoms with E-state index in [-0.39, 0.29) is 12.0 Å². The number of nitrogens with one attached hydrogen (secondary N) is 1. The third kappa shape index (κ3) is 4.00. The lowest BCUT2D eigenvalue weighted by Gasteiger charge is -2.25. The molecule has 2 amide bonds. The molecule has 0 aliphatic carbocycles. The topological polar surface area (TPSA) is 71.5 Å². The van der Waals surface area contributed by atoms with E-state index in [9.17, 15) is 9.59 Å². The second-order valence-corrected chi connectivity index (χ2v) is 10.2. The van der Waals surface area contributed by atoms with Gasteiger partial charge in [0.15, 0.2) is 0 Å². The number of anilines is 1. The van der Waals surface area contributed by atoms with Gasteiger partial charge >= 0.3 is 6.09 Å². The summed E-state index contributed by atoms with van der Waals surface area (Å²) in [6.45, 7) is 4.99. The fourth-order valence-electron chi connectivity index (χ4n) is 4.22. The Balaban J connectivity index is 1.58. The number of ether oxygens (including phenoxy) is 1. The van der Waals surface area contributed by atoms with Gasteiger partial charge in [-0.25, -0.2) is 9.78 Å². The van der Waals surface area contributed by atoms with Gasteiger partial charge in [-0.05, 0) is 49.6 Å². The Kier molecular flexibility index (Phi) is 5.64. The number of aromatic nitrogens is 1. The number of para-hydroxylation sites is 1. The van der Waals surface area contributed by atoms with Gasteiger partial charge in [-0.2, -0.15) is 0 Å². The molecule has 1 N–H and O–H groups in total. The minimum Gasteiger partial charge on any atom is -0.453 e. The highest BCUT2D eigenvalue weighted by Crippen LogP contribution is 2.46. The number of aryl methyl sites for hydroxylation is 2. The molecule has 8 heteroatoms. The third-order valence-corrected chi connectivity index (χ3v) is 8.04. The molecule has 0 spiro atoms. The fraction of sp³-hybridized carbons (Fsp3) is 0.240. The molecule has 1 aliphatic rings. The van der Waals surface area contributed by atoms with Crippen molar-refractivity contribution in [2.75, 3.05) is 19.0 Å². The molecule has 6 nitrogen and oxygen atoms in total. The van der Waals surface area contributed by atoms with Gasteiger partial charge in [0.25, 0.3) is 5.91 Å². The molecule has 0 bridgehead atoms. The lowest BCUT2D eigenvalue weighted by molar-refractivity contribution is 0.102. The van der Waals surface area contributed by atoms with Gasteiger partial charge in [0, 0.05) is 22.5 Å². The molecule has 0 fully saturated rings. The average molecular weight is 478 g/mol. The normalized spacial score (nSPS) is 13.1. The maximum absolute atomic E-state index is 13.2. The lowest BCUT2D eigenvalue weighted by Crippen LogP contribution is -2.35. The SMILES string of the molecule is COC(=O)N1CCc2c(sc(NC(=O)c3ccc(C)cc3C)c2-c2nc3ccccc3s2)C1. The summed E-state index contributed by atoms with van der Waals surface area (Å²) in [7, 11) is 1.40. The van der Waals surface area contributed by atoms with E-state index in [1.165, 1.54) is 18.4 Å². The number of fused-ring (bicyclic) bond motifs is 2. The van der Waals surface area contributed by atoms with Crippen molar-refractivity contribution in [1.29, 1.82) is 0 Å². The van der Waals surface area contributed by atoms with Gasteiger partial charge in [0.2, 0.25) is 0 Å².